The summed E-state index contributed by atoms with van der Waals surface area (Å²) in [5.74, 6) is -1.49. The summed E-state index contributed by atoms with van der Waals surface area (Å²) in [5.41, 5.74) is 1.31. The monoisotopic (exact) mass is 397 g/mol. The minimum Gasteiger partial charge on any atom is -0.507 e. The van der Waals surface area contributed by atoms with Gasteiger partial charge in [-0.3, -0.25) is 9.59 Å². The number of likely N-dealkylation sites (tertiary alicyclic amines) is 1. The lowest BCUT2D eigenvalue weighted by Gasteiger charge is -2.27. The molecule has 0 bridgehead atoms. The van der Waals surface area contributed by atoms with E-state index in [1.807, 2.05) is 30.3 Å². The third-order valence-electron chi connectivity index (χ3n) is 5.20. The van der Waals surface area contributed by atoms with Crippen molar-refractivity contribution in [2.75, 3.05) is 13.2 Å². The Morgan fingerprint density at radius 2 is 1.82 bits per heavy atom. The predicted molar refractivity (Wildman–Crippen MR) is 106 cm³/mol. The first-order valence-electron chi connectivity index (χ1n) is 9.27. The van der Waals surface area contributed by atoms with Crippen molar-refractivity contribution in [3.8, 4) is 0 Å². The molecule has 0 saturated carbocycles. The average molecular weight is 398 g/mol. The zero-order chi connectivity index (χ0) is 19.7. The third-order valence-corrected chi connectivity index (χ3v) is 5.45. The Balaban J connectivity index is 1.80. The molecule has 1 N–H and O–H groups in total. The van der Waals surface area contributed by atoms with Crippen molar-refractivity contribution in [1.29, 1.82) is 0 Å². The summed E-state index contributed by atoms with van der Waals surface area (Å²) in [7, 11) is 0. The number of Topliss-reactive ketones (excluding diaryl/α,β-unsaturated/α-hetero) is 1. The highest BCUT2D eigenvalue weighted by Gasteiger charge is 2.46. The number of amides is 1. The molecule has 2 aromatic rings. The van der Waals surface area contributed by atoms with E-state index in [1.54, 1.807) is 24.3 Å². The van der Waals surface area contributed by atoms with E-state index in [0.717, 1.165) is 18.4 Å². The maximum Gasteiger partial charge on any atom is 0.295 e. The minimum atomic E-state index is -0.681. The smallest absolute Gasteiger partial charge is 0.295 e. The van der Waals surface area contributed by atoms with E-state index in [9.17, 15) is 14.7 Å². The van der Waals surface area contributed by atoms with Gasteiger partial charge in [-0.05, 0) is 42.7 Å². The number of rotatable bonds is 4. The van der Waals surface area contributed by atoms with Crippen LogP contribution in [-0.2, 0) is 14.3 Å². The van der Waals surface area contributed by atoms with E-state index in [-0.39, 0.29) is 17.4 Å². The highest BCUT2D eigenvalue weighted by atomic mass is 35.5. The van der Waals surface area contributed by atoms with Crippen LogP contribution in [-0.4, -0.2) is 41.0 Å². The zero-order valence-electron chi connectivity index (χ0n) is 15.2. The molecule has 0 unspecified atom stereocenters. The Morgan fingerprint density at radius 3 is 2.46 bits per heavy atom. The number of nitrogens with zero attached hydrogens (tertiary/aromatic N) is 1. The molecular formula is C22H20ClNO4. The van der Waals surface area contributed by atoms with Gasteiger partial charge in [-0.1, -0.05) is 41.9 Å². The summed E-state index contributed by atoms with van der Waals surface area (Å²) in [6.45, 7) is 0.983. The second-order valence-corrected chi connectivity index (χ2v) is 7.44. The number of aliphatic hydroxyl groups excluding tert-OH is 1. The van der Waals surface area contributed by atoms with Crippen molar-refractivity contribution in [2.24, 2.45) is 0 Å². The Morgan fingerprint density at radius 1 is 1.11 bits per heavy atom. The number of halogens is 1. The first-order valence-corrected chi connectivity index (χ1v) is 9.65. The summed E-state index contributed by atoms with van der Waals surface area (Å²) in [4.78, 5) is 27.2. The summed E-state index contributed by atoms with van der Waals surface area (Å²) < 4.78 is 5.68. The van der Waals surface area contributed by atoms with E-state index in [0.29, 0.717) is 23.7 Å². The summed E-state index contributed by atoms with van der Waals surface area (Å²) in [6.07, 6.45) is 1.69. The number of benzene rings is 2. The van der Waals surface area contributed by atoms with Crippen LogP contribution in [0.4, 0.5) is 0 Å². The molecule has 2 heterocycles. The minimum absolute atomic E-state index is 0.0940. The van der Waals surface area contributed by atoms with Crippen molar-refractivity contribution in [3.63, 3.8) is 0 Å². The van der Waals surface area contributed by atoms with Crippen LogP contribution in [0, 0.1) is 0 Å². The lowest BCUT2D eigenvalue weighted by atomic mass is 9.95. The Bertz CT molecular complexity index is 917. The highest BCUT2D eigenvalue weighted by molar-refractivity contribution is 6.46. The van der Waals surface area contributed by atoms with E-state index in [4.69, 9.17) is 16.3 Å². The topological polar surface area (TPSA) is 66.8 Å². The molecule has 0 aromatic heterocycles. The lowest BCUT2D eigenvalue weighted by Crippen LogP contribution is -2.36. The molecule has 2 aromatic carbocycles. The summed E-state index contributed by atoms with van der Waals surface area (Å²) in [6, 6.07) is 15.2. The number of hydrogen-bond acceptors (Lipinski definition) is 4. The molecular weight excluding hydrogens is 378 g/mol. The molecule has 28 heavy (non-hydrogen) atoms. The average Bonchev–Trinajstić information content (AvgIpc) is 3.31. The normalized spacial score (nSPS) is 24.1. The molecule has 0 radical (unpaired) electrons. The SMILES string of the molecule is O=C1C(=O)N(C[C@@H]2CCCO2)[C@H](c2ccccc2)/C1=C(\O)c1ccc(Cl)cc1. The van der Waals surface area contributed by atoms with Crippen LogP contribution >= 0.6 is 11.6 Å². The van der Waals surface area contributed by atoms with Gasteiger partial charge in [0.05, 0.1) is 17.7 Å². The van der Waals surface area contributed by atoms with E-state index in [1.165, 1.54) is 4.90 Å². The van der Waals surface area contributed by atoms with Crippen LogP contribution < -0.4 is 0 Å². The number of carbonyl (C=O) groups excluding carboxylic acids is 2. The first kappa shape index (κ1) is 18.7. The van der Waals surface area contributed by atoms with Crippen molar-refractivity contribution in [1.82, 2.24) is 4.90 Å². The van der Waals surface area contributed by atoms with E-state index < -0.39 is 17.7 Å². The van der Waals surface area contributed by atoms with Gasteiger partial charge in [-0.15, -0.1) is 0 Å². The standard InChI is InChI=1S/C22H20ClNO4/c23-16-10-8-15(9-11-16)20(25)18-19(14-5-2-1-3-6-14)24(22(27)21(18)26)13-17-7-4-12-28-17/h1-3,5-6,8-11,17,19,25H,4,7,12-13H2/b20-18+/t17-,19+/m0/s1. The summed E-state index contributed by atoms with van der Waals surface area (Å²) in [5, 5.41) is 11.4. The van der Waals surface area contributed by atoms with Crippen molar-refractivity contribution < 1.29 is 19.4 Å². The number of carbonyl (C=O) groups is 2. The maximum absolute atomic E-state index is 12.9. The molecule has 2 atom stereocenters. The van der Waals surface area contributed by atoms with Crippen molar-refractivity contribution >= 4 is 29.1 Å². The first-order chi connectivity index (χ1) is 13.6. The molecule has 2 fully saturated rings. The zero-order valence-corrected chi connectivity index (χ0v) is 15.9. The molecule has 144 valence electrons. The van der Waals surface area contributed by atoms with Gasteiger partial charge in [0.2, 0.25) is 0 Å². The molecule has 0 aliphatic carbocycles. The van der Waals surface area contributed by atoms with Gasteiger partial charge < -0.3 is 14.7 Å². The second-order valence-electron chi connectivity index (χ2n) is 7.00. The molecule has 0 spiro atoms. The third kappa shape index (κ3) is 3.43. The molecule has 2 aliphatic heterocycles. The van der Waals surface area contributed by atoms with E-state index >= 15 is 0 Å². The molecule has 2 saturated heterocycles. The van der Waals surface area contributed by atoms with Crippen LogP contribution in [0.3, 0.4) is 0 Å². The van der Waals surface area contributed by atoms with Crippen molar-refractivity contribution in [2.45, 2.75) is 25.0 Å². The second kappa shape index (κ2) is 7.78. The van der Waals surface area contributed by atoms with Gasteiger partial charge in [0, 0.05) is 23.7 Å². The van der Waals surface area contributed by atoms with Crippen LogP contribution in [0.1, 0.15) is 30.0 Å². The number of aliphatic hydroxyl groups is 1. The van der Waals surface area contributed by atoms with Gasteiger partial charge in [-0.25, -0.2) is 0 Å². The molecule has 1 amide bonds. The molecule has 5 nitrogen and oxygen atoms in total. The van der Waals surface area contributed by atoms with Gasteiger partial charge >= 0.3 is 0 Å². The van der Waals surface area contributed by atoms with Gasteiger partial charge in [0.25, 0.3) is 11.7 Å². The quantitative estimate of drug-likeness (QED) is 0.482. The Hall–Kier alpha value is -2.63. The largest absolute Gasteiger partial charge is 0.507 e. The predicted octanol–water partition coefficient (Wildman–Crippen LogP) is 3.94. The van der Waals surface area contributed by atoms with Gasteiger partial charge in [0.1, 0.15) is 5.76 Å². The van der Waals surface area contributed by atoms with Gasteiger partial charge in [-0.2, -0.15) is 0 Å². The van der Waals surface area contributed by atoms with Crippen LogP contribution in [0.25, 0.3) is 5.76 Å². The number of hydrogen-bond donors (Lipinski definition) is 1. The Labute approximate surface area is 168 Å². The fraction of sp³-hybridized carbons (Fsp3) is 0.273. The van der Waals surface area contributed by atoms with Crippen LogP contribution in [0.5, 0.6) is 0 Å². The van der Waals surface area contributed by atoms with Crippen molar-refractivity contribution in [3.05, 3.63) is 76.3 Å². The lowest BCUT2D eigenvalue weighted by molar-refractivity contribution is -0.140. The van der Waals surface area contributed by atoms with Gasteiger partial charge in [0.15, 0.2) is 0 Å². The fourth-order valence-corrected chi connectivity index (χ4v) is 3.95. The molecule has 6 heteroatoms. The fourth-order valence-electron chi connectivity index (χ4n) is 3.82. The van der Waals surface area contributed by atoms with Crippen LogP contribution in [0.2, 0.25) is 5.02 Å². The van der Waals surface area contributed by atoms with E-state index in [2.05, 4.69) is 0 Å². The maximum atomic E-state index is 12.9. The van der Waals surface area contributed by atoms with Crippen LogP contribution in [0.15, 0.2) is 60.2 Å². The highest BCUT2D eigenvalue weighted by Crippen LogP contribution is 2.40. The molecule has 4 rings (SSSR count). The number of ketones is 1. The Kier molecular flexibility index (Phi) is 5.20. The number of ether oxygens (including phenoxy) is 1. The molecule has 2 aliphatic rings. The summed E-state index contributed by atoms with van der Waals surface area (Å²) >= 11 is 5.93.